The summed E-state index contributed by atoms with van der Waals surface area (Å²) in [6.45, 7) is 2.21. The fourth-order valence-electron chi connectivity index (χ4n) is 1.25. The van der Waals surface area contributed by atoms with Gasteiger partial charge in [-0.15, -0.1) is 0 Å². The lowest BCUT2D eigenvalue weighted by Gasteiger charge is -2.03. The molecule has 0 fully saturated rings. The Balaban J connectivity index is 2.54. The molecule has 1 aromatic rings. The van der Waals surface area contributed by atoms with Gasteiger partial charge < -0.3 is 15.5 Å². The first-order valence-corrected chi connectivity index (χ1v) is 4.96. The normalized spacial score (nSPS) is 11.0. The monoisotopic (exact) mass is 235 g/mol. The van der Waals surface area contributed by atoms with Gasteiger partial charge in [0.15, 0.2) is 0 Å². The molecule has 1 aromatic carbocycles. The van der Waals surface area contributed by atoms with Crippen molar-refractivity contribution in [2.24, 2.45) is 0 Å². The fourth-order valence-corrected chi connectivity index (χ4v) is 1.25. The van der Waals surface area contributed by atoms with Crippen LogP contribution in [0.2, 0.25) is 0 Å². The number of aliphatic carboxylic acids is 1. The Bertz CT molecular complexity index is 465. The number of amides is 1. The van der Waals surface area contributed by atoms with Gasteiger partial charge in [0, 0.05) is 6.54 Å². The minimum atomic E-state index is -1.53. The van der Waals surface area contributed by atoms with E-state index in [1.165, 1.54) is 0 Å². The van der Waals surface area contributed by atoms with E-state index in [1.54, 1.807) is 0 Å². The van der Waals surface area contributed by atoms with Gasteiger partial charge in [0.2, 0.25) is 11.7 Å². The molecule has 3 N–H and O–H groups in total. The molecule has 1 rings (SSSR count). The number of carbonyl (C=O) groups excluding carboxylic acids is 1. The summed E-state index contributed by atoms with van der Waals surface area (Å²) in [5.74, 6) is -3.16. The summed E-state index contributed by atoms with van der Waals surface area (Å²) < 4.78 is 0. The SMILES string of the molecule is Cc1cccc(CNC(=O)/C=C(\O)C(=O)O)c1. The molecule has 0 heterocycles. The third-order valence-electron chi connectivity index (χ3n) is 2.04. The molecule has 0 aromatic heterocycles. The van der Waals surface area contributed by atoms with Crippen LogP contribution < -0.4 is 5.32 Å². The molecule has 1 amide bonds. The van der Waals surface area contributed by atoms with Crippen molar-refractivity contribution in [3.8, 4) is 0 Å². The van der Waals surface area contributed by atoms with Gasteiger partial charge in [-0.05, 0) is 12.5 Å². The minimum absolute atomic E-state index is 0.282. The summed E-state index contributed by atoms with van der Waals surface area (Å²) in [6.07, 6.45) is 0.637. The van der Waals surface area contributed by atoms with E-state index in [1.807, 2.05) is 31.2 Å². The number of carboxylic acids is 1. The van der Waals surface area contributed by atoms with Crippen LogP contribution in [0.15, 0.2) is 36.1 Å². The quantitative estimate of drug-likeness (QED) is 0.539. The molecule has 0 aliphatic heterocycles. The molecule has 0 radical (unpaired) electrons. The minimum Gasteiger partial charge on any atom is -0.502 e. The van der Waals surface area contributed by atoms with E-state index in [4.69, 9.17) is 10.2 Å². The average Bonchev–Trinajstić information content (AvgIpc) is 2.26. The van der Waals surface area contributed by atoms with Gasteiger partial charge in [-0.3, -0.25) is 4.79 Å². The van der Waals surface area contributed by atoms with Crippen molar-refractivity contribution < 1.29 is 19.8 Å². The van der Waals surface area contributed by atoms with Crippen LogP contribution in [0.4, 0.5) is 0 Å². The summed E-state index contributed by atoms with van der Waals surface area (Å²) in [4.78, 5) is 21.5. The largest absolute Gasteiger partial charge is 0.502 e. The van der Waals surface area contributed by atoms with Gasteiger partial charge in [-0.2, -0.15) is 0 Å². The molecular weight excluding hydrogens is 222 g/mol. The molecule has 0 bridgehead atoms. The van der Waals surface area contributed by atoms with Crippen LogP contribution in [-0.4, -0.2) is 22.1 Å². The van der Waals surface area contributed by atoms with Crippen molar-refractivity contribution >= 4 is 11.9 Å². The fraction of sp³-hybridized carbons (Fsp3) is 0.167. The molecule has 5 heteroatoms. The molecule has 0 aliphatic rings. The van der Waals surface area contributed by atoms with Crippen molar-refractivity contribution in [3.63, 3.8) is 0 Å². The summed E-state index contributed by atoms with van der Waals surface area (Å²) in [5, 5.41) is 19.7. The molecule has 0 atom stereocenters. The van der Waals surface area contributed by atoms with Crippen molar-refractivity contribution in [3.05, 3.63) is 47.2 Å². The molecule has 90 valence electrons. The lowest BCUT2D eigenvalue weighted by atomic mass is 10.1. The van der Waals surface area contributed by atoms with Gasteiger partial charge in [0.1, 0.15) is 0 Å². The first kappa shape index (κ1) is 12.8. The topological polar surface area (TPSA) is 86.6 Å². The number of carboxylic acid groups (broad SMARTS) is 1. The van der Waals surface area contributed by atoms with E-state index in [2.05, 4.69) is 5.32 Å². The lowest BCUT2D eigenvalue weighted by molar-refractivity contribution is -0.136. The molecule has 0 saturated carbocycles. The van der Waals surface area contributed by atoms with Crippen molar-refractivity contribution in [1.29, 1.82) is 0 Å². The second-order valence-electron chi connectivity index (χ2n) is 3.54. The molecule has 0 unspecified atom stereocenters. The maximum Gasteiger partial charge on any atom is 0.371 e. The second kappa shape index (κ2) is 5.69. The number of hydrogen-bond acceptors (Lipinski definition) is 3. The van der Waals surface area contributed by atoms with Crippen LogP contribution in [0.5, 0.6) is 0 Å². The standard InChI is InChI=1S/C12H13NO4/c1-8-3-2-4-9(5-8)7-13-11(15)6-10(14)12(16)17/h2-6,14H,7H2,1H3,(H,13,15)(H,16,17)/b10-6-. The van der Waals surface area contributed by atoms with Gasteiger partial charge in [-0.25, -0.2) is 4.79 Å². The van der Waals surface area contributed by atoms with E-state index in [0.29, 0.717) is 6.08 Å². The molecule has 0 spiro atoms. The van der Waals surface area contributed by atoms with E-state index in [9.17, 15) is 9.59 Å². The maximum absolute atomic E-state index is 11.2. The average molecular weight is 235 g/mol. The molecule has 17 heavy (non-hydrogen) atoms. The van der Waals surface area contributed by atoms with Crippen LogP contribution in [0.25, 0.3) is 0 Å². The van der Waals surface area contributed by atoms with Crippen LogP contribution >= 0.6 is 0 Å². The smallest absolute Gasteiger partial charge is 0.371 e. The maximum atomic E-state index is 11.2. The Labute approximate surface area is 98.4 Å². The van der Waals surface area contributed by atoms with Crippen molar-refractivity contribution in [1.82, 2.24) is 5.32 Å². The summed E-state index contributed by atoms with van der Waals surface area (Å²) in [5.41, 5.74) is 1.97. The highest BCUT2D eigenvalue weighted by atomic mass is 16.4. The van der Waals surface area contributed by atoms with Gasteiger partial charge in [0.05, 0.1) is 6.08 Å². The Kier molecular flexibility index (Phi) is 4.28. The third kappa shape index (κ3) is 4.38. The van der Waals surface area contributed by atoms with E-state index in [-0.39, 0.29) is 6.54 Å². The third-order valence-corrected chi connectivity index (χ3v) is 2.04. The number of hydrogen-bond donors (Lipinski definition) is 3. The zero-order chi connectivity index (χ0) is 12.8. The summed E-state index contributed by atoms with van der Waals surface area (Å²) in [6, 6.07) is 7.54. The number of rotatable bonds is 4. The predicted octanol–water partition coefficient (Wildman–Crippen LogP) is 1.14. The predicted molar refractivity (Wildman–Crippen MR) is 61.4 cm³/mol. The zero-order valence-corrected chi connectivity index (χ0v) is 9.30. The Morgan fingerprint density at radius 3 is 2.65 bits per heavy atom. The van der Waals surface area contributed by atoms with Crippen LogP contribution in [-0.2, 0) is 16.1 Å². The van der Waals surface area contributed by atoms with Gasteiger partial charge in [0.25, 0.3) is 0 Å². The Hall–Kier alpha value is -2.30. The number of nitrogens with one attached hydrogen (secondary N) is 1. The highest BCUT2D eigenvalue weighted by molar-refractivity contribution is 5.95. The summed E-state index contributed by atoms with van der Waals surface area (Å²) in [7, 11) is 0. The first-order chi connectivity index (χ1) is 7.99. The van der Waals surface area contributed by atoms with Crippen LogP contribution in [0, 0.1) is 6.92 Å². The second-order valence-corrected chi connectivity index (χ2v) is 3.54. The highest BCUT2D eigenvalue weighted by Gasteiger charge is 2.06. The number of benzene rings is 1. The zero-order valence-electron chi connectivity index (χ0n) is 9.30. The van der Waals surface area contributed by atoms with E-state index >= 15 is 0 Å². The van der Waals surface area contributed by atoms with Gasteiger partial charge >= 0.3 is 5.97 Å². The van der Waals surface area contributed by atoms with Crippen molar-refractivity contribution in [2.75, 3.05) is 0 Å². The molecule has 0 aliphatic carbocycles. The lowest BCUT2D eigenvalue weighted by Crippen LogP contribution is -2.21. The molecule has 0 saturated heterocycles. The molecular formula is C12H13NO4. The number of aliphatic hydroxyl groups is 1. The Morgan fingerprint density at radius 2 is 2.06 bits per heavy atom. The number of carbonyl (C=O) groups is 2. The van der Waals surface area contributed by atoms with Gasteiger partial charge in [-0.1, -0.05) is 29.8 Å². The number of aryl methyl sites for hydroxylation is 1. The Morgan fingerprint density at radius 1 is 1.35 bits per heavy atom. The van der Waals surface area contributed by atoms with E-state index < -0.39 is 17.6 Å². The van der Waals surface area contributed by atoms with Crippen LogP contribution in [0.3, 0.4) is 0 Å². The van der Waals surface area contributed by atoms with E-state index in [0.717, 1.165) is 11.1 Å². The van der Waals surface area contributed by atoms with Crippen LogP contribution in [0.1, 0.15) is 11.1 Å². The van der Waals surface area contributed by atoms with Crippen molar-refractivity contribution in [2.45, 2.75) is 13.5 Å². The summed E-state index contributed by atoms with van der Waals surface area (Å²) >= 11 is 0. The molecule has 5 nitrogen and oxygen atoms in total. The number of aliphatic hydroxyl groups excluding tert-OH is 1. The first-order valence-electron chi connectivity index (χ1n) is 4.96. The highest BCUT2D eigenvalue weighted by Crippen LogP contribution is 2.03.